The lowest BCUT2D eigenvalue weighted by atomic mass is 10.0. The Kier molecular flexibility index (Phi) is 4.96. The smallest absolute Gasteiger partial charge is 0.225 e. The number of methoxy groups -OCH3 is 1. The summed E-state index contributed by atoms with van der Waals surface area (Å²) in [6, 6.07) is 20.7. The zero-order valence-corrected chi connectivity index (χ0v) is 13.4. The number of carbonyl (C=O) groups is 1. The van der Waals surface area contributed by atoms with E-state index in [0.717, 1.165) is 16.9 Å². The molecule has 4 heteroatoms. The van der Waals surface area contributed by atoms with Gasteiger partial charge in [-0.3, -0.25) is 4.79 Å². The van der Waals surface area contributed by atoms with Crippen molar-refractivity contribution in [1.29, 1.82) is 0 Å². The quantitative estimate of drug-likeness (QED) is 0.752. The van der Waals surface area contributed by atoms with E-state index in [9.17, 15) is 4.79 Å². The molecule has 1 atom stereocenters. The normalized spacial score (nSPS) is 11.7. The minimum atomic E-state index is -0.299. The fraction of sp³-hybridized carbons (Fsp3) is 0.150. The van der Waals surface area contributed by atoms with Crippen molar-refractivity contribution in [3.8, 4) is 5.75 Å². The number of ether oxygens (including phenoxy) is 1. The fourth-order valence-corrected chi connectivity index (χ4v) is 2.56. The Bertz CT molecular complexity index is 764. The van der Waals surface area contributed by atoms with Crippen molar-refractivity contribution in [3.05, 3.63) is 89.9 Å². The molecule has 3 aromatic rings. The maximum atomic E-state index is 12.5. The monoisotopic (exact) mass is 321 g/mol. The topological polar surface area (TPSA) is 51.5 Å². The number of hydrogen-bond acceptors (Lipinski definition) is 3. The van der Waals surface area contributed by atoms with E-state index in [1.807, 2.05) is 66.7 Å². The SMILES string of the molecule is COc1ccc(CC(=O)NC(c2ccccc2)c2ccco2)cc1. The van der Waals surface area contributed by atoms with E-state index in [2.05, 4.69) is 5.32 Å². The first-order valence-corrected chi connectivity index (χ1v) is 7.77. The van der Waals surface area contributed by atoms with Crippen molar-refractivity contribution in [2.75, 3.05) is 7.11 Å². The maximum absolute atomic E-state index is 12.5. The third-order valence-electron chi connectivity index (χ3n) is 3.79. The highest BCUT2D eigenvalue weighted by Gasteiger charge is 2.19. The van der Waals surface area contributed by atoms with Crippen LogP contribution in [0.5, 0.6) is 5.75 Å². The predicted molar refractivity (Wildman–Crippen MR) is 91.8 cm³/mol. The van der Waals surface area contributed by atoms with Crippen molar-refractivity contribution in [2.24, 2.45) is 0 Å². The van der Waals surface area contributed by atoms with Gasteiger partial charge in [0, 0.05) is 0 Å². The molecule has 0 saturated carbocycles. The Labute approximate surface area is 141 Å². The maximum Gasteiger partial charge on any atom is 0.225 e. The molecule has 0 spiro atoms. The molecular formula is C20H19NO3. The van der Waals surface area contributed by atoms with Crippen LogP contribution in [-0.2, 0) is 11.2 Å². The highest BCUT2D eigenvalue weighted by Crippen LogP contribution is 2.22. The van der Waals surface area contributed by atoms with Gasteiger partial charge in [-0.2, -0.15) is 0 Å². The van der Waals surface area contributed by atoms with Crippen LogP contribution in [-0.4, -0.2) is 13.0 Å². The molecule has 0 bridgehead atoms. The van der Waals surface area contributed by atoms with Gasteiger partial charge in [0.15, 0.2) is 0 Å². The summed E-state index contributed by atoms with van der Waals surface area (Å²) in [5.74, 6) is 1.42. The second kappa shape index (κ2) is 7.51. The number of nitrogens with one attached hydrogen (secondary N) is 1. The molecule has 1 N–H and O–H groups in total. The summed E-state index contributed by atoms with van der Waals surface area (Å²) in [6.07, 6.45) is 1.91. The summed E-state index contributed by atoms with van der Waals surface area (Å²) in [5.41, 5.74) is 1.91. The third kappa shape index (κ3) is 3.84. The van der Waals surface area contributed by atoms with Gasteiger partial charge in [0.2, 0.25) is 5.91 Å². The van der Waals surface area contributed by atoms with Crippen LogP contribution in [0.25, 0.3) is 0 Å². The standard InChI is InChI=1S/C20H19NO3/c1-23-17-11-9-15(10-12-17)14-19(22)21-20(18-8-5-13-24-18)16-6-3-2-4-7-16/h2-13,20H,14H2,1H3,(H,21,22). The van der Waals surface area contributed by atoms with Crippen molar-refractivity contribution >= 4 is 5.91 Å². The molecule has 0 aliphatic carbocycles. The minimum Gasteiger partial charge on any atom is -0.497 e. The number of hydrogen-bond donors (Lipinski definition) is 1. The molecule has 0 aliphatic rings. The van der Waals surface area contributed by atoms with Crippen LogP contribution in [0.4, 0.5) is 0 Å². The Morgan fingerprint density at radius 1 is 1.04 bits per heavy atom. The molecule has 122 valence electrons. The minimum absolute atomic E-state index is 0.0644. The van der Waals surface area contributed by atoms with Gasteiger partial charge in [-0.15, -0.1) is 0 Å². The zero-order valence-electron chi connectivity index (χ0n) is 13.4. The Balaban J connectivity index is 1.73. The number of benzene rings is 2. The van der Waals surface area contributed by atoms with Crippen molar-refractivity contribution in [3.63, 3.8) is 0 Å². The molecule has 1 amide bonds. The summed E-state index contributed by atoms with van der Waals surface area (Å²) >= 11 is 0. The van der Waals surface area contributed by atoms with Crippen LogP contribution in [0.15, 0.2) is 77.4 Å². The highest BCUT2D eigenvalue weighted by atomic mass is 16.5. The first-order valence-electron chi connectivity index (χ1n) is 7.77. The molecule has 0 fully saturated rings. The number of carbonyl (C=O) groups excluding carboxylic acids is 1. The molecule has 3 rings (SSSR count). The average molecular weight is 321 g/mol. The van der Waals surface area contributed by atoms with Crippen LogP contribution >= 0.6 is 0 Å². The molecule has 4 nitrogen and oxygen atoms in total. The van der Waals surface area contributed by atoms with Gasteiger partial charge in [0.05, 0.1) is 19.8 Å². The third-order valence-corrected chi connectivity index (χ3v) is 3.79. The molecule has 1 aromatic heterocycles. The van der Waals surface area contributed by atoms with Crippen LogP contribution in [0.1, 0.15) is 22.9 Å². The zero-order chi connectivity index (χ0) is 16.8. The summed E-state index contributed by atoms with van der Waals surface area (Å²) < 4.78 is 10.6. The molecule has 1 heterocycles. The summed E-state index contributed by atoms with van der Waals surface area (Å²) in [6.45, 7) is 0. The molecule has 1 unspecified atom stereocenters. The van der Waals surface area contributed by atoms with E-state index in [4.69, 9.17) is 9.15 Å². The van der Waals surface area contributed by atoms with Gasteiger partial charge >= 0.3 is 0 Å². The van der Waals surface area contributed by atoms with Gasteiger partial charge < -0.3 is 14.5 Å². The molecule has 24 heavy (non-hydrogen) atoms. The number of rotatable bonds is 6. The van der Waals surface area contributed by atoms with E-state index in [1.165, 1.54) is 0 Å². The largest absolute Gasteiger partial charge is 0.497 e. The van der Waals surface area contributed by atoms with Gasteiger partial charge in [-0.25, -0.2) is 0 Å². The Hall–Kier alpha value is -3.01. The van der Waals surface area contributed by atoms with Crippen molar-refractivity contribution in [2.45, 2.75) is 12.5 Å². The van der Waals surface area contributed by atoms with Crippen molar-refractivity contribution < 1.29 is 13.9 Å². The first kappa shape index (κ1) is 15.9. The van der Waals surface area contributed by atoms with E-state index in [1.54, 1.807) is 13.4 Å². The average Bonchev–Trinajstić information content (AvgIpc) is 3.15. The van der Waals surface area contributed by atoms with Crippen LogP contribution < -0.4 is 10.1 Å². The number of amides is 1. The van der Waals surface area contributed by atoms with Gasteiger partial charge in [-0.05, 0) is 35.4 Å². The lowest BCUT2D eigenvalue weighted by Gasteiger charge is -2.17. The lowest BCUT2D eigenvalue weighted by Crippen LogP contribution is -2.30. The highest BCUT2D eigenvalue weighted by molar-refractivity contribution is 5.79. The Morgan fingerprint density at radius 3 is 2.42 bits per heavy atom. The first-order chi connectivity index (χ1) is 11.8. The van der Waals surface area contributed by atoms with Gasteiger partial charge in [0.1, 0.15) is 17.6 Å². The fourth-order valence-electron chi connectivity index (χ4n) is 2.56. The van der Waals surface area contributed by atoms with Gasteiger partial charge in [0.25, 0.3) is 0 Å². The summed E-state index contributed by atoms with van der Waals surface area (Å²) in [7, 11) is 1.62. The molecule has 0 radical (unpaired) electrons. The van der Waals surface area contributed by atoms with Crippen LogP contribution in [0.3, 0.4) is 0 Å². The van der Waals surface area contributed by atoms with E-state index in [-0.39, 0.29) is 11.9 Å². The lowest BCUT2D eigenvalue weighted by molar-refractivity contribution is -0.121. The van der Waals surface area contributed by atoms with Gasteiger partial charge in [-0.1, -0.05) is 42.5 Å². The van der Waals surface area contributed by atoms with Crippen LogP contribution in [0, 0.1) is 0 Å². The Morgan fingerprint density at radius 2 is 1.79 bits per heavy atom. The molecule has 0 aliphatic heterocycles. The van der Waals surface area contributed by atoms with Crippen LogP contribution in [0.2, 0.25) is 0 Å². The molecular weight excluding hydrogens is 302 g/mol. The second-order valence-corrected chi connectivity index (χ2v) is 5.45. The molecule has 0 saturated heterocycles. The van der Waals surface area contributed by atoms with E-state index in [0.29, 0.717) is 12.2 Å². The number of furan rings is 1. The summed E-state index contributed by atoms with van der Waals surface area (Å²) in [4.78, 5) is 12.5. The summed E-state index contributed by atoms with van der Waals surface area (Å²) in [5, 5.41) is 3.05. The predicted octanol–water partition coefficient (Wildman–Crippen LogP) is 3.74. The van der Waals surface area contributed by atoms with Crippen molar-refractivity contribution in [1.82, 2.24) is 5.32 Å². The van der Waals surface area contributed by atoms with E-state index < -0.39 is 0 Å². The molecule has 2 aromatic carbocycles. The van der Waals surface area contributed by atoms with E-state index >= 15 is 0 Å². The second-order valence-electron chi connectivity index (χ2n) is 5.45.